The van der Waals surface area contributed by atoms with Gasteiger partial charge in [0.05, 0.1) is 28.7 Å². The number of benzene rings is 1. The number of hydrogen-bond donors (Lipinski definition) is 2. The highest BCUT2D eigenvalue weighted by Crippen LogP contribution is 2.31. The number of carbonyl (C=O) groups is 1. The van der Waals surface area contributed by atoms with Gasteiger partial charge in [-0.25, -0.2) is 4.98 Å². The molecule has 0 spiro atoms. The van der Waals surface area contributed by atoms with Crippen LogP contribution in [0.4, 0.5) is 19.1 Å². The van der Waals surface area contributed by atoms with Crippen LogP contribution in [0.15, 0.2) is 18.2 Å². The zero-order valence-electron chi connectivity index (χ0n) is 13.1. The summed E-state index contributed by atoms with van der Waals surface area (Å²) in [5, 5.41) is 2.62. The van der Waals surface area contributed by atoms with Crippen molar-refractivity contribution < 1.29 is 22.7 Å². The fraction of sp³-hybridized carbons (Fsp3) is 0.467. The number of hydrogen-bond acceptors (Lipinski definition) is 4. The molecule has 2 atom stereocenters. The molecule has 2 heterocycles. The minimum absolute atomic E-state index is 0.0178. The van der Waals surface area contributed by atoms with Gasteiger partial charge in [-0.3, -0.25) is 15.0 Å². The number of aromatic nitrogens is 2. The summed E-state index contributed by atoms with van der Waals surface area (Å²) in [4.78, 5) is 21.0. The number of nitrogens with zero attached hydrogens (tertiary/aromatic N) is 2. The van der Waals surface area contributed by atoms with Gasteiger partial charge in [0.15, 0.2) is 0 Å². The Morgan fingerprint density at radius 2 is 2.21 bits per heavy atom. The van der Waals surface area contributed by atoms with Gasteiger partial charge in [0.25, 0.3) is 0 Å². The molecule has 0 aliphatic carbocycles. The molecule has 0 saturated carbocycles. The number of methoxy groups -OCH3 is 1. The predicted molar refractivity (Wildman–Crippen MR) is 81.6 cm³/mol. The molecule has 1 aliphatic heterocycles. The monoisotopic (exact) mass is 342 g/mol. The van der Waals surface area contributed by atoms with Crippen molar-refractivity contribution in [2.24, 2.45) is 0 Å². The zero-order valence-corrected chi connectivity index (χ0v) is 13.1. The minimum Gasteiger partial charge on any atom is -0.380 e. The smallest absolute Gasteiger partial charge is 0.380 e. The summed E-state index contributed by atoms with van der Waals surface area (Å²) in [5.74, 6) is -0.143. The van der Waals surface area contributed by atoms with Crippen molar-refractivity contribution in [3.8, 4) is 0 Å². The lowest BCUT2D eigenvalue weighted by Gasteiger charge is -2.17. The average Bonchev–Trinajstić information content (AvgIpc) is 3.07. The maximum absolute atomic E-state index is 12.7. The highest BCUT2D eigenvalue weighted by molar-refractivity contribution is 5.95. The van der Waals surface area contributed by atoms with Crippen molar-refractivity contribution >= 4 is 22.9 Å². The van der Waals surface area contributed by atoms with Gasteiger partial charge in [0.2, 0.25) is 11.9 Å². The molecule has 1 amide bonds. The summed E-state index contributed by atoms with van der Waals surface area (Å²) >= 11 is 0. The second-order valence-corrected chi connectivity index (χ2v) is 5.85. The summed E-state index contributed by atoms with van der Waals surface area (Å²) in [7, 11) is 3.41. The number of halogens is 3. The van der Waals surface area contributed by atoms with E-state index in [2.05, 4.69) is 15.3 Å². The van der Waals surface area contributed by atoms with Crippen molar-refractivity contribution in [1.82, 2.24) is 14.9 Å². The Kier molecular flexibility index (Phi) is 4.22. The quantitative estimate of drug-likeness (QED) is 0.898. The molecule has 1 aromatic carbocycles. The normalized spacial score (nSPS) is 22.2. The molecule has 9 heteroatoms. The first kappa shape index (κ1) is 16.7. The second kappa shape index (κ2) is 6.06. The fourth-order valence-corrected chi connectivity index (χ4v) is 2.88. The van der Waals surface area contributed by atoms with Gasteiger partial charge in [0.1, 0.15) is 0 Å². The largest absolute Gasteiger partial charge is 0.416 e. The maximum atomic E-state index is 12.7. The number of aromatic amines is 1. The van der Waals surface area contributed by atoms with E-state index in [1.54, 1.807) is 7.11 Å². The number of carbonyl (C=O) groups excluding carboxylic acids is 1. The minimum atomic E-state index is -4.43. The molecule has 1 aromatic heterocycles. The molecule has 130 valence electrons. The van der Waals surface area contributed by atoms with E-state index in [0.717, 1.165) is 12.1 Å². The number of alkyl halides is 3. The zero-order chi connectivity index (χ0) is 17.5. The summed E-state index contributed by atoms with van der Waals surface area (Å²) in [5.41, 5.74) is -0.197. The molecule has 0 unspecified atom stereocenters. The van der Waals surface area contributed by atoms with Crippen molar-refractivity contribution in [1.29, 1.82) is 0 Å². The van der Waals surface area contributed by atoms with Crippen molar-refractivity contribution in [3.05, 3.63) is 23.8 Å². The lowest BCUT2D eigenvalue weighted by molar-refractivity contribution is -0.137. The first-order chi connectivity index (χ1) is 11.3. The number of likely N-dealkylation sites (N-methyl/N-ethyl adjacent to an activating group) is 1. The van der Waals surface area contributed by atoms with Gasteiger partial charge in [-0.15, -0.1) is 0 Å². The number of ether oxygens (including phenoxy) is 1. The van der Waals surface area contributed by atoms with E-state index in [4.69, 9.17) is 4.74 Å². The number of H-pyrrole nitrogens is 1. The summed E-state index contributed by atoms with van der Waals surface area (Å²) in [6.07, 6.45) is -3.89. The van der Waals surface area contributed by atoms with E-state index in [9.17, 15) is 18.0 Å². The molecule has 1 fully saturated rings. The van der Waals surface area contributed by atoms with Crippen LogP contribution in [0.25, 0.3) is 11.0 Å². The number of nitrogens with one attached hydrogen (secondary N) is 2. The highest BCUT2D eigenvalue weighted by atomic mass is 19.4. The van der Waals surface area contributed by atoms with Crippen LogP contribution in [-0.4, -0.2) is 53.6 Å². The van der Waals surface area contributed by atoms with Gasteiger partial charge in [-0.2, -0.15) is 13.2 Å². The molecule has 24 heavy (non-hydrogen) atoms. The Labute approximate surface area is 136 Å². The third kappa shape index (κ3) is 3.22. The Bertz CT molecular complexity index is 759. The molecule has 3 rings (SSSR count). The van der Waals surface area contributed by atoms with Crippen LogP contribution in [0.5, 0.6) is 0 Å². The van der Waals surface area contributed by atoms with Gasteiger partial charge >= 0.3 is 6.18 Å². The highest BCUT2D eigenvalue weighted by Gasteiger charge is 2.35. The summed E-state index contributed by atoms with van der Waals surface area (Å²) in [6.45, 7) is 0.643. The summed E-state index contributed by atoms with van der Waals surface area (Å²) < 4.78 is 43.4. The van der Waals surface area contributed by atoms with Crippen LogP contribution in [0.1, 0.15) is 12.0 Å². The molecule has 0 radical (unpaired) electrons. The second-order valence-electron chi connectivity index (χ2n) is 5.85. The van der Waals surface area contributed by atoms with Crippen LogP contribution in [0.2, 0.25) is 0 Å². The third-order valence-corrected chi connectivity index (χ3v) is 4.20. The van der Waals surface area contributed by atoms with E-state index in [-0.39, 0.29) is 29.5 Å². The molecule has 1 aliphatic rings. The fourth-order valence-electron chi connectivity index (χ4n) is 2.88. The van der Waals surface area contributed by atoms with Crippen LogP contribution in [-0.2, 0) is 15.7 Å². The SMILES string of the molecule is CO[C@H]1C[C@@H](C(=O)Nc2nc3ccc(C(F)(F)F)cc3[nH]2)N(C)C1. The summed E-state index contributed by atoms with van der Waals surface area (Å²) in [6, 6.07) is 2.84. The van der Waals surface area contributed by atoms with E-state index in [0.29, 0.717) is 18.5 Å². The predicted octanol–water partition coefficient (Wildman–Crippen LogP) is 2.24. The van der Waals surface area contributed by atoms with E-state index in [1.165, 1.54) is 6.07 Å². The molecular formula is C15H17F3N4O2. The van der Waals surface area contributed by atoms with Gasteiger partial charge in [-0.05, 0) is 31.7 Å². The van der Waals surface area contributed by atoms with Crippen molar-refractivity contribution in [3.63, 3.8) is 0 Å². The maximum Gasteiger partial charge on any atom is 0.416 e. The van der Waals surface area contributed by atoms with Gasteiger partial charge in [-0.1, -0.05) is 0 Å². The standard InChI is InChI=1S/C15H17F3N4O2/c1-22-7-9(24-2)6-12(22)13(23)21-14-19-10-4-3-8(15(16,17)18)5-11(10)20-14/h3-5,9,12H,6-7H2,1-2H3,(H2,19,20,21,23)/t9-,12-/m0/s1. The van der Waals surface area contributed by atoms with Crippen LogP contribution in [0, 0.1) is 0 Å². The molecular weight excluding hydrogens is 325 g/mol. The molecule has 1 saturated heterocycles. The first-order valence-electron chi connectivity index (χ1n) is 7.39. The number of anilines is 1. The number of imidazole rings is 1. The van der Waals surface area contributed by atoms with Crippen molar-refractivity contribution in [2.75, 3.05) is 26.0 Å². The molecule has 2 aromatic rings. The lowest BCUT2D eigenvalue weighted by atomic mass is 10.2. The van der Waals surface area contributed by atoms with Gasteiger partial charge in [0, 0.05) is 13.7 Å². The van der Waals surface area contributed by atoms with Crippen LogP contribution >= 0.6 is 0 Å². The average molecular weight is 342 g/mol. The molecule has 0 bridgehead atoms. The van der Waals surface area contributed by atoms with Crippen LogP contribution < -0.4 is 5.32 Å². The topological polar surface area (TPSA) is 70.2 Å². The van der Waals surface area contributed by atoms with Gasteiger partial charge < -0.3 is 9.72 Å². The Hall–Kier alpha value is -2.13. The lowest BCUT2D eigenvalue weighted by Crippen LogP contribution is -2.37. The van der Waals surface area contributed by atoms with E-state index >= 15 is 0 Å². The van der Waals surface area contributed by atoms with E-state index < -0.39 is 11.7 Å². The molecule has 2 N–H and O–H groups in total. The number of likely N-dealkylation sites (tertiary alicyclic amines) is 1. The molecule has 6 nitrogen and oxygen atoms in total. The Morgan fingerprint density at radius 3 is 2.83 bits per heavy atom. The Balaban J connectivity index is 1.77. The first-order valence-corrected chi connectivity index (χ1v) is 7.39. The van der Waals surface area contributed by atoms with E-state index in [1.807, 2.05) is 11.9 Å². The van der Waals surface area contributed by atoms with Crippen molar-refractivity contribution in [2.45, 2.75) is 24.7 Å². The van der Waals surface area contributed by atoms with Crippen LogP contribution in [0.3, 0.4) is 0 Å². The third-order valence-electron chi connectivity index (χ3n) is 4.20. The number of fused-ring (bicyclic) bond motifs is 1. The Morgan fingerprint density at radius 1 is 1.46 bits per heavy atom. The number of amides is 1. The number of rotatable bonds is 3.